The topological polar surface area (TPSA) is 58.6 Å². The van der Waals surface area contributed by atoms with Crippen molar-refractivity contribution >= 4 is 19.4 Å². The molecule has 0 amide bonds. The minimum Gasteiger partial charge on any atom is -0.772 e. The molecule has 1 aromatic carbocycles. The second-order valence-electron chi connectivity index (χ2n) is 7.67. The molecule has 1 fully saturated rings. The van der Waals surface area contributed by atoms with Gasteiger partial charge in [-0.3, -0.25) is 4.21 Å². The summed E-state index contributed by atoms with van der Waals surface area (Å²) in [4.78, 5) is 0. The Labute approximate surface area is 177 Å². The molecule has 0 spiro atoms. The van der Waals surface area contributed by atoms with Crippen LogP contribution in [0, 0.1) is 0 Å². The summed E-state index contributed by atoms with van der Waals surface area (Å²) < 4.78 is 34.0. The molecular weight excluding hydrogens is 363 g/mol. The summed E-state index contributed by atoms with van der Waals surface area (Å²) in [7, 11) is -1.99. The second-order valence-corrected chi connectivity index (χ2v) is 14.3. The molecule has 1 heterocycles. The molecule has 0 aromatic heterocycles. The third-order valence-electron chi connectivity index (χ3n) is 5.37. The SMILES string of the molecule is CC(C)[Si](Oc1ccc(C2(S(=O)[O-])COC2)cc1)(C(C)C)C(C)C.[Na+]. The molecule has 1 aromatic rings. The number of hydrogen-bond donors (Lipinski definition) is 0. The van der Waals surface area contributed by atoms with Gasteiger partial charge >= 0.3 is 29.6 Å². The quantitative estimate of drug-likeness (QED) is 0.519. The fourth-order valence-corrected chi connectivity index (χ4v) is 9.97. The van der Waals surface area contributed by atoms with E-state index in [2.05, 4.69) is 41.5 Å². The van der Waals surface area contributed by atoms with Crippen LogP contribution in [0.4, 0.5) is 0 Å². The molecule has 1 unspecified atom stereocenters. The average molecular weight is 393 g/mol. The monoisotopic (exact) mass is 392 g/mol. The van der Waals surface area contributed by atoms with Crippen LogP contribution in [0.2, 0.25) is 16.6 Å². The molecule has 1 atom stereocenters. The van der Waals surface area contributed by atoms with Gasteiger partial charge in [0, 0.05) is 0 Å². The van der Waals surface area contributed by atoms with E-state index in [1.807, 2.05) is 24.3 Å². The maximum atomic E-state index is 11.6. The standard InChI is InChI=1S/C18H30O4SSi.Na/c1-13(2)24(14(3)4,15(5)6)22-17-9-7-16(8-10-17)18(23(19)20)11-21-12-18;/h7-10,13-15H,11-12H2,1-6H3,(H,19,20);/q;+1/p-1. The van der Waals surface area contributed by atoms with E-state index in [9.17, 15) is 8.76 Å². The van der Waals surface area contributed by atoms with Crippen LogP contribution in [-0.4, -0.2) is 30.3 Å². The predicted octanol–water partition coefficient (Wildman–Crippen LogP) is 1.35. The molecule has 0 aliphatic carbocycles. The van der Waals surface area contributed by atoms with Crippen LogP contribution >= 0.6 is 0 Å². The Hall–Kier alpha value is 0.307. The van der Waals surface area contributed by atoms with Gasteiger partial charge in [-0.2, -0.15) is 0 Å². The van der Waals surface area contributed by atoms with Crippen LogP contribution in [0.3, 0.4) is 0 Å². The van der Waals surface area contributed by atoms with Crippen LogP contribution in [0.5, 0.6) is 5.75 Å². The van der Waals surface area contributed by atoms with Gasteiger partial charge in [0.05, 0.1) is 13.2 Å². The Morgan fingerprint density at radius 1 is 1.04 bits per heavy atom. The summed E-state index contributed by atoms with van der Waals surface area (Å²) in [6.07, 6.45) is 0. The van der Waals surface area contributed by atoms with E-state index in [4.69, 9.17) is 9.16 Å². The van der Waals surface area contributed by atoms with Crippen molar-refractivity contribution in [1.29, 1.82) is 0 Å². The first-order chi connectivity index (χ1) is 11.2. The summed E-state index contributed by atoms with van der Waals surface area (Å²) in [6.45, 7) is 14.0. The van der Waals surface area contributed by atoms with Gasteiger partial charge < -0.3 is 13.7 Å². The number of hydrogen-bond acceptors (Lipinski definition) is 4. The minimum atomic E-state index is -2.19. The molecule has 0 bridgehead atoms. The fraction of sp³-hybridized carbons (Fsp3) is 0.667. The summed E-state index contributed by atoms with van der Waals surface area (Å²) >= 11 is -2.19. The molecule has 0 saturated carbocycles. The fourth-order valence-electron chi connectivity index (χ4n) is 4.03. The van der Waals surface area contributed by atoms with Crippen LogP contribution < -0.4 is 34.0 Å². The summed E-state index contributed by atoms with van der Waals surface area (Å²) in [5.41, 5.74) is 2.27. The van der Waals surface area contributed by atoms with Crippen molar-refractivity contribution in [3.05, 3.63) is 29.8 Å². The van der Waals surface area contributed by atoms with E-state index in [-0.39, 0.29) is 42.8 Å². The first kappa shape index (κ1) is 23.3. The number of rotatable bonds is 7. The maximum Gasteiger partial charge on any atom is 1.00 e. The Morgan fingerprint density at radius 3 is 1.76 bits per heavy atom. The van der Waals surface area contributed by atoms with Crippen molar-refractivity contribution in [2.75, 3.05) is 13.2 Å². The zero-order valence-corrected chi connectivity index (χ0v) is 20.3. The number of benzene rings is 1. The first-order valence-electron chi connectivity index (χ1n) is 8.63. The molecule has 2 rings (SSSR count). The Balaban J connectivity index is 0.00000312. The van der Waals surface area contributed by atoms with E-state index in [0.29, 0.717) is 16.6 Å². The third kappa shape index (κ3) is 4.26. The molecule has 136 valence electrons. The molecule has 1 aliphatic heterocycles. The zero-order valence-electron chi connectivity index (χ0n) is 16.5. The summed E-state index contributed by atoms with van der Waals surface area (Å²) in [5.74, 6) is 0.841. The van der Waals surface area contributed by atoms with Gasteiger partial charge in [0.2, 0.25) is 0 Å². The molecule has 7 heteroatoms. The van der Waals surface area contributed by atoms with E-state index < -0.39 is 24.1 Å². The molecule has 1 aliphatic rings. The second kappa shape index (κ2) is 9.00. The minimum absolute atomic E-state index is 0. The molecule has 0 radical (unpaired) electrons. The van der Waals surface area contributed by atoms with Gasteiger partial charge in [0.15, 0.2) is 0 Å². The van der Waals surface area contributed by atoms with E-state index >= 15 is 0 Å². The molecule has 1 saturated heterocycles. The van der Waals surface area contributed by atoms with E-state index in [0.717, 1.165) is 11.3 Å². The number of ether oxygens (including phenoxy) is 1. The van der Waals surface area contributed by atoms with Crippen LogP contribution in [0.25, 0.3) is 0 Å². The van der Waals surface area contributed by atoms with Gasteiger partial charge in [0.1, 0.15) is 10.5 Å². The van der Waals surface area contributed by atoms with Crippen molar-refractivity contribution < 1.29 is 47.5 Å². The van der Waals surface area contributed by atoms with Crippen LogP contribution in [0.15, 0.2) is 24.3 Å². The molecule has 0 N–H and O–H groups in total. The Bertz CT molecular complexity index is 563. The smallest absolute Gasteiger partial charge is 0.772 e. The van der Waals surface area contributed by atoms with Crippen molar-refractivity contribution in [2.45, 2.75) is 62.9 Å². The van der Waals surface area contributed by atoms with Crippen molar-refractivity contribution in [3.63, 3.8) is 0 Å². The van der Waals surface area contributed by atoms with Crippen LogP contribution in [-0.2, 0) is 20.6 Å². The largest absolute Gasteiger partial charge is 1.00 e. The molecule has 25 heavy (non-hydrogen) atoms. The van der Waals surface area contributed by atoms with Gasteiger partial charge in [-0.1, -0.05) is 53.7 Å². The normalized spacial score (nSPS) is 18.0. The predicted molar refractivity (Wildman–Crippen MR) is 99.5 cm³/mol. The van der Waals surface area contributed by atoms with Crippen LogP contribution in [0.1, 0.15) is 47.1 Å². The third-order valence-corrected chi connectivity index (χ3v) is 12.5. The zero-order chi connectivity index (χ0) is 18.1. The molecule has 4 nitrogen and oxygen atoms in total. The summed E-state index contributed by atoms with van der Waals surface area (Å²) in [6, 6.07) is 7.57. The Kier molecular flexibility index (Phi) is 8.40. The van der Waals surface area contributed by atoms with Gasteiger partial charge in [0.25, 0.3) is 8.32 Å². The Morgan fingerprint density at radius 2 is 1.48 bits per heavy atom. The van der Waals surface area contributed by atoms with Crippen molar-refractivity contribution in [1.82, 2.24) is 0 Å². The maximum absolute atomic E-state index is 11.6. The van der Waals surface area contributed by atoms with Crippen molar-refractivity contribution in [2.24, 2.45) is 0 Å². The van der Waals surface area contributed by atoms with Gasteiger partial charge in [-0.25, -0.2) is 0 Å². The van der Waals surface area contributed by atoms with E-state index in [1.165, 1.54) is 0 Å². The van der Waals surface area contributed by atoms with Crippen molar-refractivity contribution in [3.8, 4) is 5.75 Å². The summed E-state index contributed by atoms with van der Waals surface area (Å²) in [5, 5.41) is 0. The first-order valence-corrected chi connectivity index (χ1v) is 11.8. The van der Waals surface area contributed by atoms with E-state index in [1.54, 1.807) is 0 Å². The van der Waals surface area contributed by atoms with Gasteiger partial charge in [-0.05, 0) is 45.4 Å². The average Bonchev–Trinajstić information content (AvgIpc) is 2.43. The van der Waals surface area contributed by atoms with Gasteiger partial charge in [-0.15, -0.1) is 0 Å². The molecular formula is C18H29NaO4SSi.